The van der Waals surface area contributed by atoms with Crippen molar-refractivity contribution in [2.75, 3.05) is 49.7 Å². The van der Waals surface area contributed by atoms with Gasteiger partial charge in [-0.05, 0) is 12.1 Å². The average Bonchev–Trinajstić information content (AvgIpc) is 2.68. The van der Waals surface area contributed by atoms with Crippen LogP contribution in [0.4, 0.5) is 11.6 Å². The van der Waals surface area contributed by atoms with Crippen LogP contribution in [0.3, 0.4) is 0 Å². The number of hydrogen-bond acceptors (Lipinski definition) is 7. The number of rotatable bonds is 7. The number of anilines is 2. The third-order valence-corrected chi connectivity index (χ3v) is 4.66. The Bertz CT molecular complexity index is 729. The van der Waals surface area contributed by atoms with Crippen molar-refractivity contribution >= 4 is 34.8 Å². The fourth-order valence-electron chi connectivity index (χ4n) is 2.47. The summed E-state index contributed by atoms with van der Waals surface area (Å²) in [5, 5.41) is 13.9. The van der Waals surface area contributed by atoms with Crippen LogP contribution in [-0.2, 0) is 4.74 Å². The molecule has 0 spiro atoms. The van der Waals surface area contributed by atoms with Crippen molar-refractivity contribution in [1.82, 2.24) is 9.97 Å². The summed E-state index contributed by atoms with van der Waals surface area (Å²) in [7, 11) is 0. The topological polar surface area (TPSA) is 79.7 Å². The Morgan fingerprint density at radius 3 is 2.88 bits per heavy atom. The quantitative estimate of drug-likeness (QED) is 0.741. The molecular formula is C17H20Cl2N4O3. The van der Waals surface area contributed by atoms with Gasteiger partial charge >= 0.3 is 0 Å². The maximum atomic E-state index is 10.1. The van der Waals surface area contributed by atoms with Crippen LogP contribution >= 0.6 is 23.2 Å². The maximum Gasteiger partial charge on any atom is 0.139 e. The van der Waals surface area contributed by atoms with E-state index in [1.165, 1.54) is 6.33 Å². The number of nitrogens with one attached hydrogen (secondary N) is 1. The van der Waals surface area contributed by atoms with Gasteiger partial charge in [-0.3, -0.25) is 0 Å². The molecule has 1 aliphatic rings. The summed E-state index contributed by atoms with van der Waals surface area (Å²) in [4.78, 5) is 10.6. The van der Waals surface area contributed by atoms with Gasteiger partial charge < -0.3 is 24.8 Å². The van der Waals surface area contributed by atoms with Crippen molar-refractivity contribution in [3.63, 3.8) is 0 Å². The Morgan fingerprint density at radius 1 is 1.27 bits per heavy atom. The van der Waals surface area contributed by atoms with Gasteiger partial charge in [0.05, 0.1) is 18.2 Å². The standard InChI is InChI=1S/C17H20Cl2N4O3/c18-13-2-1-3-14(17(13)19)26-10-12(24)9-20-15-8-16(22-11-21-15)23-4-6-25-7-5-23/h1-3,8,11-12,24H,4-7,9-10H2,(H,20,21,22). The highest BCUT2D eigenvalue weighted by atomic mass is 35.5. The minimum absolute atomic E-state index is 0.0778. The third-order valence-electron chi connectivity index (χ3n) is 3.85. The van der Waals surface area contributed by atoms with Crippen molar-refractivity contribution < 1.29 is 14.6 Å². The van der Waals surface area contributed by atoms with E-state index < -0.39 is 6.10 Å². The van der Waals surface area contributed by atoms with Gasteiger partial charge in [0.15, 0.2) is 0 Å². The lowest BCUT2D eigenvalue weighted by atomic mass is 10.3. The SMILES string of the molecule is OC(CNc1cc(N2CCOCC2)ncn1)COc1cccc(Cl)c1Cl. The van der Waals surface area contributed by atoms with Crippen LogP contribution in [0.1, 0.15) is 0 Å². The van der Waals surface area contributed by atoms with Crippen LogP contribution in [0.2, 0.25) is 10.0 Å². The molecular weight excluding hydrogens is 379 g/mol. The van der Waals surface area contributed by atoms with E-state index in [1.807, 2.05) is 6.07 Å². The molecule has 3 rings (SSSR count). The van der Waals surface area contributed by atoms with Crippen molar-refractivity contribution in [2.45, 2.75) is 6.10 Å². The second kappa shape index (κ2) is 9.23. The molecule has 1 aliphatic heterocycles. The molecule has 0 aliphatic carbocycles. The molecule has 1 saturated heterocycles. The summed E-state index contributed by atoms with van der Waals surface area (Å²) < 4.78 is 10.9. The van der Waals surface area contributed by atoms with Crippen molar-refractivity contribution in [3.8, 4) is 5.75 Å². The molecule has 2 N–H and O–H groups in total. The van der Waals surface area contributed by atoms with E-state index in [4.69, 9.17) is 32.7 Å². The highest BCUT2D eigenvalue weighted by Crippen LogP contribution is 2.31. The molecule has 0 radical (unpaired) electrons. The molecule has 2 heterocycles. The van der Waals surface area contributed by atoms with Gasteiger partial charge in [-0.2, -0.15) is 0 Å². The molecule has 0 bridgehead atoms. The number of aromatic nitrogens is 2. The summed E-state index contributed by atoms with van der Waals surface area (Å²) in [6.07, 6.45) is 0.758. The first kappa shape index (κ1) is 19.0. The molecule has 2 aromatic rings. The van der Waals surface area contributed by atoms with E-state index in [-0.39, 0.29) is 13.2 Å². The van der Waals surface area contributed by atoms with E-state index in [0.29, 0.717) is 34.8 Å². The van der Waals surface area contributed by atoms with E-state index in [0.717, 1.165) is 18.9 Å². The fraction of sp³-hybridized carbons (Fsp3) is 0.412. The predicted octanol–water partition coefficient (Wildman–Crippen LogP) is 2.47. The van der Waals surface area contributed by atoms with E-state index in [9.17, 15) is 5.11 Å². The first-order chi connectivity index (χ1) is 12.6. The molecule has 140 valence electrons. The number of morpholine rings is 1. The lowest BCUT2D eigenvalue weighted by molar-refractivity contribution is 0.117. The van der Waals surface area contributed by atoms with Gasteiger partial charge in [0.25, 0.3) is 0 Å². The van der Waals surface area contributed by atoms with Crippen molar-refractivity contribution in [2.24, 2.45) is 0 Å². The zero-order valence-corrected chi connectivity index (χ0v) is 15.6. The predicted molar refractivity (Wildman–Crippen MR) is 102 cm³/mol. The molecule has 26 heavy (non-hydrogen) atoms. The van der Waals surface area contributed by atoms with Crippen LogP contribution < -0.4 is 15.0 Å². The van der Waals surface area contributed by atoms with E-state index in [2.05, 4.69) is 20.2 Å². The second-order valence-corrected chi connectivity index (χ2v) is 6.54. The van der Waals surface area contributed by atoms with Crippen LogP contribution in [0, 0.1) is 0 Å². The summed E-state index contributed by atoms with van der Waals surface area (Å²) in [5.74, 6) is 1.92. The molecule has 1 aromatic heterocycles. The molecule has 0 amide bonds. The molecule has 1 fully saturated rings. The van der Waals surface area contributed by atoms with Gasteiger partial charge in [0, 0.05) is 25.7 Å². The largest absolute Gasteiger partial charge is 0.489 e. The first-order valence-corrected chi connectivity index (χ1v) is 9.02. The van der Waals surface area contributed by atoms with Gasteiger partial charge in [-0.25, -0.2) is 9.97 Å². The van der Waals surface area contributed by atoms with E-state index in [1.54, 1.807) is 18.2 Å². The number of aliphatic hydroxyl groups is 1. The zero-order valence-electron chi connectivity index (χ0n) is 14.1. The first-order valence-electron chi connectivity index (χ1n) is 8.27. The van der Waals surface area contributed by atoms with Crippen molar-refractivity contribution in [1.29, 1.82) is 0 Å². The summed E-state index contributed by atoms with van der Waals surface area (Å²) in [5.41, 5.74) is 0. The molecule has 9 heteroatoms. The average molecular weight is 399 g/mol. The lowest BCUT2D eigenvalue weighted by Gasteiger charge is -2.27. The number of halogens is 2. The minimum Gasteiger partial charge on any atom is -0.489 e. The Morgan fingerprint density at radius 2 is 2.08 bits per heavy atom. The van der Waals surface area contributed by atoms with Crippen molar-refractivity contribution in [3.05, 3.63) is 40.6 Å². The molecule has 1 aromatic carbocycles. The van der Waals surface area contributed by atoms with Crippen LogP contribution in [0.5, 0.6) is 5.75 Å². The Labute approximate surface area is 161 Å². The molecule has 0 saturated carbocycles. The highest BCUT2D eigenvalue weighted by Gasteiger charge is 2.14. The number of benzene rings is 1. The van der Waals surface area contributed by atoms with Gasteiger partial charge in [0.2, 0.25) is 0 Å². The normalized spacial score (nSPS) is 15.6. The van der Waals surface area contributed by atoms with Gasteiger partial charge in [-0.15, -0.1) is 0 Å². The fourth-order valence-corrected chi connectivity index (χ4v) is 2.82. The van der Waals surface area contributed by atoms with E-state index >= 15 is 0 Å². The maximum absolute atomic E-state index is 10.1. The monoisotopic (exact) mass is 398 g/mol. The number of nitrogens with zero attached hydrogens (tertiary/aromatic N) is 3. The van der Waals surface area contributed by atoms with Crippen LogP contribution in [-0.4, -0.2) is 60.6 Å². The van der Waals surface area contributed by atoms with Gasteiger partial charge in [-0.1, -0.05) is 29.3 Å². The summed E-state index contributed by atoms with van der Waals surface area (Å²) >= 11 is 12.0. The molecule has 7 nitrogen and oxygen atoms in total. The Balaban J connectivity index is 1.49. The second-order valence-electron chi connectivity index (χ2n) is 5.76. The Kier molecular flexibility index (Phi) is 6.73. The summed E-state index contributed by atoms with van der Waals surface area (Å²) in [6, 6.07) is 6.97. The Hall–Kier alpha value is -1.80. The number of ether oxygens (including phenoxy) is 2. The lowest BCUT2D eigenvalue weighted by Crippen LogP contribution is -2.36. The minimum atomic E-state index is -0.744. The zero-order chi connectivity index (χ0) is 18.4. The summed E-state index contributed by atoms with van der Waals surface area (Å²) in [6.45, 7) is 3.33. The highest BCUT2D eigenvalue weighted by molar-refractivity contribution is 6.42. The number of aliphatic hydroxyl groups excluding tert-OH is 1. The smallest absolute Gasteiger partial charge is 0.139 e. The van der Waals surface area contributed by atoms with Gasteiger partial charge in [0.1, 0.15) is 41.4 Å². The van der Waals surface area contributed by atoms with Crippen LogP contribution in [0.25, 0.3) is 0 Å². The van der Waals surface area contributed by atoms with Crippen LogP contribution in [0.15, 0.2) is 30.6 Å². The number of hydrogen-bond donors (Lipinski definition) is 2. The molecule has 1 atom stereocenters. The third kappa shape index (κ3) is 5.11. The molecule has 1 unspecified atom stereocenters.